The molecule has 1 aromatic heterocycles. The van der Waals surface area contributed by atoms with Crippen LogP contribution in [0.3, 0.4) is 0 Å². The topological polar surface area (TPSA) is 27.1 Å². The van der Waals surface area contributed by atoms with Gasteiger partial charge in [0.05, 0.1) is 17.4 Å². The summed E-state index contributed by atoms with van der Waals surface area (Å²) in [5.41, 5.74) is 4.92. The van der Waals surface area contributed by atoms with E-state index >= 15 is 0 Å². The molecule has 0 saturated heterocycles. The van der Waals surface area contributed by atoms with Gasteiger partial charge in [-0.2, -0.15) is 5.10 Å². The van der Waals surface area contributed by atoms with Crippen LogP contribution in [0.4, 0.5) is 0 Å². The molecule has 0 N–H and O–H groups in total. The van der Waals surface area contributed by atoms with E-state index in [1.165, 1.54) is 32.1 Å². The van der Waals surface area contributed by atoms with Crippen LogP contribution in [-0.2, 0) is 6.61 Å². The highest BCUT2D eigenvalue weighted by Gasteiger charge is 2.22. The van der Waals surface area contributed by atoms with Gasteiger partial charge in [0.25, 0.3) is 0 Å². The summed E-state index contributed by atoms with van der Waals surface area (Å²) in [6.45, 7) is 4.90. The van der Waals surface area contributed by atoms with E-state index in [4.69, 9.17) is 17.7 Å². The zero-order valence-corrected chi connectivity index (χ0v) is 18.6. The van der Waals surface area contributed by atoms with Crippen molar-refractivity contribution >= 4 is 19.4 Å². The van der Waals surface area contributed by atoms with Crippen LogP contribution in [0, 0.1) is 5.92 Å². The second kappa shape index (κ2) is 10.0. The molecule has 4 heteroatoms. The third-order valence-corrected chi connectivity index (χ3v) is 5.91. The Morgan fingerprint density at radius 2 is 1.74 bits per heavy atom. The Labute approximate surface area is 187 Å². The number of ether oxygens (including phenoxy) is 1. The lowest BCUT2D eigenvalue weighted by Crippen LogP contribution is -2.17. The summed E-state index contributed by atoms with van der Waals surface area (Å²) < 4.78 is 8.15. The van der Waals surface area contributed by atoms with Crippen LogP contribution in [0.1, 0.15) is 63.3 Å². The maximum absolute atomic E-state index is 6.64. The summed E-state index contributed by atoms with van der Waals surface area (Å²) in [5.74, 6) is 1.32. The highest BCUT2D eigenvalue weighted by molar-refractivity contribution is 6.37. The van der Waals surface area contributed by atoms with Gasteiger partial charge in [-0.1, -0.05) is 69.5 Å². The van der Waals surface area contributed by atoms with Gasteiger partial charge in [-0.3, -0.25) is 4.68 Å². The van der Waals surface area contributed by atoms with E-state index in [1.807, 2.05) is 30.3 Å². The third kappa shape index (κ3) is 5.30. The molecule has 31 heavy (non-hydrogen) atoms. The van der Waals surface area contributed by atoms with Crippen molar-refractivity contribution in [1.82, 2.24) is 9.78 Å². The van der Waals surface area contributed by atoms with Crippen molar-refractivity contribution in [2.45, 2.75) is 58.6 Å². The highest BCUT2D eigenvalue weighted by Crippen LogP contribution is 2.32. The van der Waals surface area contributed by atoms with Gasteiger partial charge in [-0.15, -0.1) is 0 Å². The monoisotopic (exact) mass is 410 g/mol. The second-order valence-electron chi connectivity index (χ2n) is 8.79. The molecule has 3 aromatic rings. The van der Waals surface area contributed by atoms with E-state index in [0.717, 1.165) is 33.7 Å². The normalized spacial score (nSPS) is 15.1. The molecule has 0 amide bonds. The van der Waals surface area contributed by atoms with Crippen LogP contribution in [0.5, 0.6) is 5.75 Å². The fourth-order valence-electron chi connectivity index (χ4n) is 4.20. The number of hydrogen-bond acceptors (Lipinski definition) is 2. The lowest BCUT2D eigenvalue weighted by Gasteiger charge is -2.24. The van der Waals surface area contributed by atoms with E-state index in [1.54, 1.807) is 0 Å². The molecule has 0 aliphatic heterocycles. The molecule has 158 valence electrons. The Bertz CT molecular complexity index is 1000. The molecule has 2 aromatic carbocycles. The number of allylic oxidation sites excluding steroid dienone is 1. The van der Waals surface area contributed by atoms with Crippen molar-refractivity contribution < 1.29 is 4.74 Å². The van der Waals surface area contributed by atoms with Crippen molar-refractivity contribution in [2.75, 3.05) is 0 Å². The number of hydrogen-bond donors (Lipinski definition) is 0. The highest BCUT2D eigenvalue weighted by atomic mass is 16.5. The molecule has 3 nitrogen and oxygen atoms in total. The van der Waals surface area contributed by atoms with E-state index in [0.29, 0.717) is 18.6 Å². The molecular weight excluding hydrogens is 379 g/mol. The average Bonchev–Trinajstić information content (AvgIpc) is 3.14. The van der Waals surface area contributed by atoms with Gasteiger partial charge in [0.2, 0.25) is 0 Å². The first kappa shape index (κ1) is 21.5. The van der Waals surface area contributed by atoms with Gasteiger partial charge >= 0.3 is 0 Å². The molecule has 1 aliphatic rings. The molecule has 4 rings (SSSR count). The van der Waals surface area contributed by atoms with E-state index in [-0.39, 0.29) is 0 Å². The van der Waals surface area contributed by atoms with Gasteiger partial charge in [-0.25, -0.2) is 0 Å². The fraction of sp³-hybridized carbons (Fsp3) is 0.370. The second-order valence-corrected chi connectivity index (χ2v) is 8.79. The fourth-order valence-corrected chi connectivity index (χ4v) is 4.20. The number of benzene rings is 2. The molecule has 0 atom stereocenters. The molecule has 1 saturated carbocycles. The number of nitrogens with zero attached hydrogens (tertiary/aromatic N) is 2. The van der Waals surface area contributed by atoms with Crippen LogP contribution in [-0.4, -0.2) is 17.6 Å². The minimum atomic E-state index is 0.418. The van der Waals surface area contributed by atoms with Gasteiger partial charge in [0.15, 0.2) is 0 Å². The zero-order chi connectivity index (χ0) is 21.6. The van der Waals surface area contributed by atoms with Crippen molar-refractivity contribution in [3.63, 3.8) is 0 Å². The summed E-state index contributed by atoms with van der Waals surface area (Å²) >= 11 is 0. The number of aromatic nitrogens is 2. The van der Waals surface area contributed by atoms with Crippen molar-refractivity contribution in [3.05, 3.63) is 71.9 Å². The Kier molecular flexibility index (Phi) is 6.96. The maximum atomic E-state index is 6.64. The standard InChI is InChI=1S/C27H31BN2O/c1-20(2)13-18-25-26(28)27(30(29-25)23-11-7-4-8-12-23)22-14-16-24(17-15-22)31-19-21-9-5-3-6-10-21/h3,5-6,9-10,13-18,20,23H,4,7-8,11-12,19H2,1-2H3/b18-13+. The average molecular weight is 410 g/mol. The van der Waals surface area contributed by atoms with Crippen molar-refractivity contribution in [2.24, 2.45) is 5.92 Å². The predicted molar refractivity (Wildman–Crippen MR) is 130 cm³/mol. The molecule has 0 spiro atoms. The van der Waals surface area contributed by atoms with Crippen LogP contribution in [0.25, 0.3) is 17.3 Å². The van der Waals surface area contributed by atoms with Gasteiger partial charge < -0.3 is 4.74 Å². The minimum absolute atomic E-state index is 0.418. The van der Waals surface area contributed by atoms with E-state index < -0.39 is 0 Å². The molecule has 1 heterocycles. The van der Waals surface area contributed by atoms with Gasteiger partial charge in [-0.05, 0) is 65.7 Å². The lowest BCUT2D eigenvalue weighted by atomic mass is 9.88. The Hall–Kier alpha value is -2.75. The quantitative estimate of drug-likeness (QED) is 0.440. The first-order valence-corrected chi connectivity index (χ1v) is 11.4. The largest absolute Gasteiger partial charge is 0.489 e. The number of rotatable bonds is 7. The van der Waals surface area contributed by atoms with Crippen LogP contribution in [0.2, 0.25) is 0 Å². The van der Waals surface area contributed by atoms with Crippen LogP contribution < -0.4 is 10.2 Å². The molecular formula is C27H31BN2O. The SMILES string of the molecule is [B]c1c(/C=C/C(C)C)nn(C2CCCCC2)c1-c1ccc(OCc2ccccc2)cc1. The Balaban J connectivity index is 1.60. The maximum Gasteiger partial charge on any atom is 0.119 e. The summed E-state index contributed by atoms with van der Waals surface area (Å²) in [5, 5.41) is 4.95. The third-order valence-electron chi connectivity index (χ3n) is 5.91. The predicted octanol–water partition coefficient (Wildman–Crippen LogP) is 6.10. The van der Waals surface area contributed by atoms with Crippen molar-refractivity contribution in [3.8, 4) is 17.0 Å². The summed E-state index contributed by atoms with van der Waals surface area (Å²) in [7, 11) is 6.64. The zero-order valence-electron chi connectivity index (χ0n) is 18.6. The van der Waals surface area contributed by atoms with E-state index in [9.17, 15) is 0 Å². The first-order valence-electron chi connectivity index (χ1n) is 11.4. The molecule has 1 aliphatic carbocycles. The summed E-state index contributed by atoms with van der Waals surface area (Å²) in [6, 6.07) is 18.9. The summed E-state index contributed by atoms with van der Waals surface area (Å²) in [4.78, 5) is 0. The van der Waals surface area contributed by atoms with Gasteiger partial charge in [0.1, 0.15) is 20.2 Å². The van der Waals surface area contributed by atoms with Crippen LogP contribution >= 0.6 is 0 Å². The molecule has 0 unspecified atom stereocenters. The summed E-state index contributed by atoms with van der Waals surface area (Å²) in [6.07, 6.45) is 10.4. The van der Waals surface area contributed by atoms with Crippen LogP contribution in [0.15, 0.2) is 60.7 Å². The molecule has 0 bridgehead atoms. The minimum Gasteiger partial charge on any atom is -0.489 e. The Morgan fingerprint density at radius 3 is 2.42 bits per heavy atom. The molecule has 2 radical (unpaired) electrons. The van der Waals surface area contributed by atoms with Gasteiger partial charge in [0, 0.05) is 0 Å². The first-order chi connectivity index (χ1) is 15.1. The van der Waals surface area contributed by atoms with E-state index in [2.05, 4.69) is 54.9 Å². The Morgan fingerprint density at radius 1 is 1.03 bits per heavy atom. The smallest absolute Gasteiger partial charge is 0.119 e. The molecule has 1 fully saturated rings. The lowest BCUT2D eigenvalue weighted by molar-refractivity contribution is 0.306. The van der Waals surface area contributed by atoms with Crippen molar-refractivity contribution in [1.29, 1.82) is 0 Å².